The number of nitrogens with two attached hydrogens (primary N) is 1. The predicted molar refractivity (Wildman–Crippen MR) is 93.6 cm³/mol. The van der Waals surface area contributed by atoms with Gasteiger partial charge in [0, 0.05) is 16.9 Å². The normalized spacial score (nSPS) is 11.2. The first-order valence-electron chi connectivity index (χ1n) is 7.13. The molecular formula is C19H17N3. The Balaban J connectivity index is 1.97. The maximum absolute atomic E-state index is 5.73. The van der Waals surface area contributed by atoms with E-state index in [1.165, 1.54) is 0 Å². The molecule has 0 aliphatic carbocycles. The van der Waals surface area contributed by atoms with Gasteiger partial charge in [-0.2, -0.15) is 0 Å². The standard InChI is InChI=1S/C19H17N3/c20-16-11-13-18(14-12-16)22-19(15-7-3-1-4-8-15)21-17-9-5-2-6-10-17/h1-14H,20H2,(H,21,22). The second kappa shape index (κ2) is 6.59. The summed E-state index contributed by atoms with van der Waals surface area (Å²) in [5.74, 6) is 0.802. The Morgan fingerprint density at radius 1 is 0.727 bits per heavy atom. The fraction of sp³-hybridized carbons (Fsp3) is 0. The van der Waals surface area contributed by atoms with E-state index >= 15 is 0 Å². The maximum atomic E-state index is 5.73. The summed E-state index contributed by atoms with van der Waals surface area (Å²) in [7, 11) is 0. The van der Waals surface area contributed by atoms with Crippen LogP contribution in [0.2, 0.25) is 0 Å². The van der Waals surface area contributed by atoms with Gasteiger partial charge in [-0.05, 0) is 36.4 Å². The average Bonchev–Trinajstić information content (AvgIpc) is 2.58. The van der Waals surface area contributed by atoms with Gasteiger partial charge >= 0.3 is 0 Å². The second-order valence-electron chi connectivity index (χ2n) is 4.91. The lowest BCUT2D eigenvalue weighted by Gasteiger charge is -2.10. The highest BCUT2D eigenvalue weighted by Gasteiger charge is 2.04. The molecule has 0 radical (unpaired) electrons. The number of amidine groups is 1. The minimum Gasteiger partial charge on any atom is -0.399 e. The summed E-state index contributed by atoms with van der Waals surface area (Å²) in [6.45, 7) is 0. The van der Waals surface area contributed by atoms with E-state index in [-0.39, 0.29) is 0 Å². The van der Waals surface area contributed by atoms with E-state index in [0.29, 0.717) is 0 Å². The molecule has 0 aliphatic rings. The van der Waals surface area contributed by atoms with Crippen molar-refractivity contribution in [2.45, 2.75) is 0 Å². The SMILES string of the molecule is Nc1ccc(N=C(Nc2ccccc2)c2ccccc2)cc1. The number of para-hydroxylation sites is 1. The number of hydrogen-bond donors (Lipinski definition) is 2. The first kappa shape index (κ1) is 13.9. The van der Waals surface area contributed by atoms with Crippen LogP contribution in [-0.4, -0.2) is 5.84 Å². The topological polar surface area (TPSA) is 50.4 Å². The highest BCUT2D eigenvalue weighted by atomic mass is 15.0. The molecule has 3 aromatic rings. The van der Waals surface area contributed by atoms with Crippen LogP contribution in [0.4, 0.5) is 17.1 Å². The zero-order valence-electron chi connectivity index (χ0n) is 12.1. The van der Waals surface area contributed by atoms with Crippen LogP contribution in [0.5, 0.6) is 0 Å². The molecule has 0 amide bonds. The van der Waals surface area contributed by atoms with E-state index in [9.17, 15) is 0 Å². The molecule has 22 heavy (non-hydrogen) atoms. The lowest BCUT2D eigenvalue weighted by Crippen LogP contribution is -2.13. The molecule has 0 saturated heterocycles. The first-order valence-corrected chi connectivity index (χ1v) is 7.13. The summed E-state index contributed by atoms with van der Waals surface area (Å²) in [5, 5.41) is 3.38. The first-order chi connectivity index (χ1) is 10.8. The third kappa shape index (κ3) is 3.52. The smallest absolute Gasteiger partial charge is 0.138 e. The van der Waals surface area contributed by atoms with Crippen molar-refractivity contribution in [3.8, 4) is 0 Å². The van der Waals surface area contributed by atoms with Gasteiger partial charge in [0.05, 0.1) is 5.69 Å². The van der Waals surface area contributed by atoms with E-state index < -0.39 is 0 Å². The van der Waals surface area contributed by atoms with Gasteiger partial charge in [-0.3, -0.25) is 0 Å². The number of nitrogens with one attached hydrogen (secondary N) is 1. The summed E-state index contributed by atoms with van der Waals surface area (Å²) in [6, 6.07) is 27.6. The molecule has 0 atom stereocenters. The van der Waals surface area contributed by atoms with Crippen molar-refractivity contribution in [2.24, 2.45) is 4.99 Å². The van der Waals surface area contributed by atoms with Crippen molar-refractivity contribution in [1.82, 2.24) is 0 Å². The van der Waals surface area contributed by atoms with Gasteiger partial charge in [0.1, 0.15) is 5.84 Å². The number of nitrogen functional groups attached to an aromatic ring is 1. The van der Waals surface area contributed by atoms with E-state index in [0.717, 1.165) is 28.5 Å². The number of rotatable bonds is 3. The summed E-state index contributed by atoms with van der Waals surface area (Å²) in [5.41, 5.74) is 9.35. The Labute approximate surface area is 130 Å². The molecule has 0 bridgehead atoms. The van der Waals surface area contributed by atoms with E-state index in [1.807, 2.05) is 84.9 Å². The molecule has 3 rings (SSSR count). The lowest BCUT2D eigenvalue weighted by atomic mass is 10.2. The lowest BCUT2D eigenvalue weighted by molar-refractivity contribution is 1.46. The number of hydrogen-bond acceptors (Lipinski definition) is 2. The molecule has 0 fully saturated rings. The number of anilines is 2. The van der Waals surface area contributed by atoms with Crippen molar-refractivity contribution < 1.29 is 0 Å². The van der Waals surface area contributed by atoms with Gasteiger partial charge in [0.25, 0.3) is 0 Å². The van der Waals surface area contributed by atoms with Crippen LogP contribution in [0, 0.1) is 0 Å². The van der Waals surface area contributed by atoms with Crippen molar-refractivity contribution in [3.05, 3.63) is 90.5 Å². The van der Waals surface area contributed by atoms with Gasteiger partial charge in [-0.25, -0.2) is 4.99 Å². The summed E-state index contributed by atoms with van der Waals surface area (Å²) in [6.07, 6.45) is 0. The predicted octanol–water partition coefficient (Wildman–Crippen LogP) is 4.46. The number of aliphatic imine (C=N–C) groups is 1. The van der Waals surface area contributed by atoms with E-state index in [2.05, 4.69) is 5.32 Å². The van der Waals surface area contributed by atoms with E-state index in [4.69, 9.17) is 10.7 Å². The zero-order valence-corrected chi connectivity index (χ0v) is 12.1. The van der Waals surface area contributed by atoms with Crippen LogP contribution in [-0.2, 0) is 0 Å². The molecule has 3 aromatic carbocycles. The molecule has 0 saturated carbocycles. The monoisotopic (exact) mass is 287 g/mol. The van der Waals surface area contributed by atoms with Gasteiger partial charge < -0.3 is 11.1 Å². The van der Waals surface area contributed by atoms with Crippen LogP contribution in [0.3, 0.4) is 0 Å². The molecule has 108 valence electrons. The van der Waals surface area contributed by atoms with Crippen molar-refractivity contribution in [3.63, 3.8) is 0 Å². The van der Waals surface area contributed by atoms with Gasteiger partial charge in [-0.15, -0.1) is 0 Å². The second-order valence-corrected chi connectivity index (χ2v) is 4.91. The van der Waals surface area contributed by atoms with Crippen LogP contribution < -0.4 is 11.1 Å². The Bertz CT molecular complexity index is 748. The molecular weight excluding hydrogens is 270 g/mol. The molecule has 3 nitrogen and oxygen atoms in total. The minimum absolute atomic E-state index is 0.733. The van der Waals surface area contributed by atoms with Crippen LogP contribution >= 0.6 is 0 Å². The molecule has 0 heterocycles. The summed E-state index contributed by atoms with van der Waals surface area (Å²) < 4.78 is 0. The highest BCUT2D eigenvalue weighted by Crippen LogP contribution is 2.17. The van der Waals surface area contributed by atoms with Crippen LogP contribution in [0.1, 0.15) is 5.56 Å². The van der Waals surface area contributed by atoms with Gasteiger partial charge in [0.2, 0.25) is 0 Å². The fourth-order valence-electron chi connectivity index (χ4n) is 2.10. The molecule has 0 aromatic heterocycles. The highest BCUT2D eigenvalue weighted by molar-refractivity contribution is 6.09. The Kier molecular flexibility index (Phi) is 4.16. The quantitative estimate of drug-likeness (QED) is 0.424. The average molecular weight is 287 g/mol. The number of benzene rings is 3. The maximum Gasteiger partial charge on any atom is 0.138 e. The molecule has 0 aliphatic heterocycles. The Hall–Kier alpha value is -3.07. The molecule has 3 heteroatoms. The van der Waals surface area contributed by atoms with Gasteiger partial charge in [-0.1, -0.05) is 48.5 Å². The zero-order chi connectivity index (χ0) is 15.2. The van der Waals surface area contributed by atoms with Crippen LogP contribution in [0.25, 0.3) is 0 Å². The van der Waals surface area contributed by atoms with Crippen molar-refractivity contribution in [2.75, 3.05) is 11.1 Å². The molecule has 0 unspecified atom stereocenters. The third-order valence-corrected chi connectivity index (χ3v) is 3.22. The molecule has 3 N–H and O–H groups in total. The summed E-state index contributed by atoms with van der Waals surface area (Å²) >= 11 is 0. The fourth-order valence-corrected chi connectivity index (χ4v) is 2.10. The Morgan fingerprint density at radius 2 is 1.32 bits per heavy atom. The third-order valence-electron chi connectivity index (χ3n) is 3.22. The van der Waals surface area contributed by atoms with Gasteiger partial charge in [0.15, 0.2) is 0 Å². The van der Waals surface area contributed by atoms with Crippen LogP contribution in [0.15, 0.2) is 89.9 Å². The van der Waals surface area contributed by atoms with E-state index in [1.54, 1.807) is 0 Å². The Morgan fingerprint density at radius 3 is 1.95 bits per heavy atom. The number of nitrogens with zero attached hydrogens (tertiary/aromatic N) is 1. The van der Waals surface area contributed by atoms with Crippen molar-refractivity contribution >= 4 is 22.9 Å². The minimum atomic E-state index is 0.733. The largest absolute Gasteiger partial charge is 0.399 e. The van der Waals surface area contributed by atoms with Crippen molar-refractivity contribution in [1.29, 1.82) is 0 Å². The molecule has 0 spiro atoms. The summed E-state index contributed by atoms with van der Waals surface area (Å²) in [4.78, 5) is 4.72.